The highest BCUT2D eigenvalue weighted by molar-refractivity contribution is 5.41. The molecule has 1 atom stereocenters. The van der Waals surface area contributed by atoms with Crippen LogP contribution in [0, 0.1) is 6.92 Å². The summed E-state index contributed by atoms with van der Waals surface area (Å²) in [5, 5.41) is 10.7. The lowest BCUT2D eigenvalue weighted by molar-refractivity contribution is 0.0571. The molecule has 2 rings (SSSR count). The second kappa shape index (κ2) is 4.78. The summed E-state index contributed by atoms with van der Waals surface area (Å²) in [6.45, 7) is 3.80. The number of hydrogen-bond donors (Lipinski definition) is 2. The summed E-state index contributed by atoms with van der Waals surface area (Å²) in [5.41, 5.74) is 7.74. The zero-order valence-electron chi connectivity index (χ0n) is 10.7. The molecule has 3 N–H and O–H groups in total. The average Bonchev–Trinajstić information content (AvgIpc) is 2.32. The maximum absolute atomic E-state index is 10.7. The molecule has 3 heteroatoms. The predicted molar refractivity (Wildman–Crippen MR) is 73.1 cm³/mol. The third kappa shape index (κ3) is 2.51. The highest BCUT2D eigenvalue weighted by Crippen LogP contribution is 2.28. The van der Waals surface area contributed by atoms with E-state index in [1.807, 2.05) is 50.2 Å². The van der Waals surface area contributed by atoms with Gasteiger partial charge < -0.3 is 10.8 Å². The quantitative estimate of drug-likeness (QED) is 0.869. The fraction of sp³-hybridized carbons (Fsp3) is 0.267. The van der Waals surface area contributed by atoms with Gasteiger partial charge in [-0.3, -0.25) is 0 Å². The number of nitrogen functional groups attached to an aromatic ring is 1. The van der Waals surface area contributed by atoms with Crippen molar-refractivity contribution in [3.05, 3.63) is 59.3 Å². The number of rotatable bonds is 3. The summed E-state index contributed by atoms with van der Waals surface area (Å²) >= 11 is 0. The van der Waals surface area contributed by atoms with Crippen molar-refractivity contribution in [2.75, 3.05) is 5.73 Å². The SMILES string of the molecule is Cc1ccccc1C(C)(O)Cc1cccnc1N. The molecular weight excluding hydrogens is 224 g/mol. The number of pyridine rings is 1. The van der Waals surface area contributed by atoms with Crippen molar-refractivity contribution in [1.29, 1.82) is 0 Å². The number of hydrogen-bond acceptors (Lipinski definition) is 3. The minimum absolute atomic E-state index is 0.456. The van der Waals surface area contributed by atoms with E-state index < -0.39 is 5.60 Å². The first-order valence-electron chi connectivity index (χ1n) is 5.98. The van der Waals surface area contributed by atoms with Gasteiger partial charge in [0.05, 0.1) is 5.60 Å². The smallest absolute Gasteiger partial charge is 0.126 e. The molecule has 3 nitrogen and oxygen atoms in total. The molecule has 94 valence electrons. The van der Waals surface area contributed by atoms with Crippen LogP contribution >= 0.6 is 0 Å². The molecule has 0 radical (unpaired) electrons. The van der Waals surface area contributed by atoms with Gasteiger partial charge in [-0.1, -0.05) is 30.3 Å². The first-order valence-corrected chi connectivity index (χ1v) is 5.98. The van der Waals surface area contributed by atoms with Crippen LogP contribution in [0.5, 0.6) is 0 Å². The predicted octanol–water partition coefficient (Wildman–Crippen LogP) is 2.42. The monoisotopic (exact) mass is 242 g/mol. The molecule has 1 aromatic carbocycles. The van der Waals surface area contributed by atoms with E-state index in [-0.39, 0.29) is 0 Å². The van der Waals surface area contributed by atoms with Crippen LogP contribution in [0.15, 0.2) is 42.6 Å². The lowest BCUT2D eigenvalue weighted by atomic mass is 9.86. The third-order valence-corrected chi connectivity index (χ3v) is 3.19. The number of aromatic nitrogens is 1. The van der Waals surface area contributed by atoms with Crippen LogP contribution in [0.4, 0.5) is 5.82 Å². The third-order valence-electron chi connectivity index (χ3n) is 3.19. The summed E-state index contributed by atoms with van der Waals surface area (Å²) in [5.74, 6) is 0.478. The van der Waals surface area contributed by atoms with Gasteiger partial charge in [-0.25, -0.2) is 4.98 Å². The van der Waals surface area contributed by atoms with Crippen LogP contribution in [-0.4, -0.2) is 10.1 Å². The number of benzene rings is 1. The first kappa shape index (κ1) is 12.6. The Morgan fingerprint density at radius 3 is 2.61 bits per heavy atom. The van der Waals surface area contributed by atoms with E-state index in [1.165, 1.54) is 0 Å². The van der Waals surface area contributed by atoms with Gasteiger partial charge in [0.15, 0.2) is 0 Å². The van der Waals surface area contributed by atoms with Gasteiger partial charge in [0, 0.05) is 12.6 Å². The number of aliphatic hydroxyl groups is 1. The summed E-state index contributed by atoms with van der Waals surface area (Å²) in [7, 11) is 0. The Labute approximate surface area is 107 Å². The second-order valence-electron chi connectivity index (χ2n) is 4.81. The van der Waals surface area contributed by atoms with Crippen LogP contribution in [0.3, 0.4) is 0 Å². The van der Waals surface area contributed by atoms with Crippen LogP contribution < -0.4 is 5.73 Å². The molecule has 1 aromatic heterocycles. The van der Waals surface area contributed by atoms with Crippen molar-refractivity contribution in [3.8, 4) is 0 Å². The lowest BCUT2D eigenvalue weighted by Gasteiger charge is -2.26. The van der Waals surface area contributed by atoms with E-state index >= 15 is 0 Å². The number of nitrogens with zero attached hydrogens (tertiary/aromatic N) is 1. The standard InChI is InChI=1S/C15H18N2O/c1-11-6-3-4-8-13(11)15(2,18)10-12-7-5-9-17-14(12)16/h3-9,18H,10H2,1-2H3,(H2,16,17). The molecule has 18 heavy (non-hydrogen) atoms. The van der Waals surface area contributed by atoms with Crippen molar-refractivity contribution >= 4 is 5.82 Å². The Morgan fingerprint density at radius 2 is 1.94 bits per heavy atom. The largest absolute Gasteiger partial charge is 0.385 e. The summed E-state index contributed by atoms with van der Waals surface area (Å²) in [4.78, 5) is 4.05. The Balaban J connectivity index is 2.33. The van der Waals surface area contributed by atoms with Gasteiger partial charge >= 0.3 is 0 Å². The number of anilines is 1. The van der Waals surface area contributed by atoms with Gasteiger partial charge in [-0.15, -0.1) is 0 Å². The van der Waals surface area contributed by atoms with Gasteiger partial charge in [-0.2, -0.15) is 0 Å². The molecule has 0 bridgehead atoms. The molecule has 0 aliphatic carbocycles. The molecule has 2 aromatic rings. The summed E-state index contributed by atoms with van der Waals surface area (Å²) in [6, 6.07) is 11.6. The minimum atomic E-state index is -0.942. The molecule has 0 aliphatic rings. The Morgan fingerprint density at radius 1 is 1.22 bits per heavy atom. The fourth-order valence-electron chi connectivity index (χ4n) is 2.24. The molecule has 0 saturated carbocycles. The lowest BCUT2D eigenvalue weighted by Crippen LogP contribution is -2.26. The second-order valence-corrected chi connectivity index (χ2v) is 4.81. The van der Waals surface area contributed by atoms with Crippen molar-refractivity contribution in [1.82, 2.24) is 4.98 Å². The van der Waals surface area contributed by atoms with E-state index in [1.54, 1.807) is 6.20 Å². The van der Waals surface area contributed by atoms with E-state index in [4.69, 9.17) is 5.73 Å². The maximum Gasteiger partial charge on any atom is 0.126 e. The first-order chi connectivity index (χ1) is 8.50. The van der Waals surface area contributed by atoms with Crippen LogP contribution in [0.1, 0.15) is 23.6 Å². The molecule has 0 saturated heterocycles. The number of nitrogens with two attached hydrogens (primary N) is 1. The van der Waals surface area contributed by atoms with Gasteiger partial charge in [0.1, 0.15) is 5.82 Å². The molecule has 0 spiro atoms. The zero-order valence-corrected chi connectivity index (χ0v) is 10.7. The van der Waals surface area contributed by atoms with Crippen molar-refractivity contribution in [3.63, 3.8) is 0 Å². The van der Waals surface area contributed by atoms with Gasteiger partial charge in [-0.05, 0) is 36.6 Å². The highest BCUT2D eigenvalue weighted by Gasteiger charge is 2.26. The van der Waals surface area contributed by atoms with Crippen LogP contribution in [-0.2, 0) is 12.0 Å². The van der Waals surface area contributed by atoms with E-state index in [9.17, 15) is 5.11 Å². The van der Waals surface area contributed by atoms with E-state index in [0.717, 1.165) is 16.7 Å². The summed E-state index contributed by atoms with van der Waals surface area (Å²) < 4.78 is 0. The molecule has 0 aliphatic heterocycles. The average molecular weight is 242 g/mol. The van der Waals surface area contributed by atoms with Crippen molar-refractivity contribution in [2.24, 2.45) is 0 Å². The highest BCUT2D eigenvalue weighted by atomic mass is 16.3. The molecule has 1 heterocycles. The van der Waals surface area contributed by atoms with Crippen molar-refractivity contribution in [2.45, 2.75) is 25.9 Å². The van der Waals surface area contributed by atoms with Gasteiger partial charge in [0.25, 0.3) is 0 Å². The molecule has 0 fully saturated rings. The van der Waals surface area contributed by atoms with E-state index in [2.05, 4.69) is 4.98 Å². The van der Waals surface area contributed by atoms with Crippen LogP contribution in [0.25, 0.3) is 0 Å². The minimum Gasteiger partial charge on any atom is -0.385 e. The van der Waals surface area contributed by atoms with Gasteiger partial charge in [0.2, 0.25) is 0 Å². The molecule has 0 amide bonds. The Bertz CT molecular complexity index is 550. The molecular formula is C15H18N2O. The Kier molecular flexibility index (Phi) is 3.34. The summed E-state index contributed by atoms with van der Waals surface area (Å²) in [6.07, 6.45) is 2.11. The topological polar surface area (TPSA) is 59.1 Å². The number of aryl methyl sites for hydroxylation is 1. The zero-order chi connectivity index (χ0) is 13.2. The van der Waals surface area contributed by atoms with Crippen LogP contribution in [0.2, 0.25) is 0 Å². The molecule has 1 unspecified atom stereocenters. The van der Waals surface area contributed by atoms with Crippen molar-refractivity contribution < 1.29 is 5.11 Å². The normalized spacial score (nSPS) is 14.2. The maximum atomic E-state index is 10.7. The van der Waals surface area contributed by atoms with E-state index in [0.29, 0.717) is 12.2 Å². The Hall–Kier alpha value is -1.87. The fourth-order valence-corrected chi connectivity index (χ4v) is 2.24.